The molecule has 1 aromatic carbocycles. The van der Waals surface area contributed by atoms with Gasteiger partial charge in [0.2, 0.25) is 0 Å². The highest BCUT2D eigenvalue weighted by Gasteiger charge is 2.04. The Bertz CT molecular complexity index is 513. The first-order chi connectivity index (χ1) is 13.7. The van der Waals surface area contributed by atoms with Gasteiger partial charge in [-0.3, -0.25) is 9.59 Å². The Hall–Kier alpha value is -1.84. The van der Waals surface area contributed by atoms with Gasteiger partial charge in [0.1, 0.15) is 5.75 Å². The van der Waals surface area contributed by atoms with Gasteiger partial charge in [0.05, 0.1) is 0 Å². The van der Waals surface area contributed by atoms with E-state index in [9.17, 15) is 9.59 Å². The van der Waals surface area contributed by atoms with Crippen LogP contribution in [-0.4, -0.2) is 17.0 Å². The summed E-state index contributed by atoms with van der Waals surface area (Å²) < 4.78 is 5.28. The zero-order valence-corrected chi connectivity index (χ0v) is 17.4. The molecule has 0 fully saturated rings. The van der Waals surface area contributed by atoms with Crippen molar-refractivity contribution in [2.45, 2.75) is 103 Å². The highest BCUT2D eigenvalue weighted by atomic mass is 16.5. The number of carboxylic acids is 1. The molecule has 1 N–H and O–H groups in total. The van der Waals surface area contributed by atoms with E-state index in [1.807, 2.05) is 18.2 Å². The number of unbranched alkanes of at least 4 members (excludes halogenated alkanes) is 13. The predicted molar refractivity (Wildman–Crippen MR) is 114 cm³/mol. The molecule has 0 aromatic heterocycles. The zero-order valence-electron chi connectivity index (χ0n) is 17.4. The number of hydrogen-bond acceptors (Lipinski definition) is 3. The van der Waals surface area contributed by atoms with Crippen LogP contribution in [0.4, 0.5) is 0 Å². The number of carboxylic acid groups (broad SMARTS) is 1. The van der Waals surface area contributed by atoms with Gasteiger partial charge in [-0.25, -0.2) is 0 Å². The molecular weight excluding hydrogens is 352 g/mol. The van der Waals surface area contributed by atoms with Crippen LogP contribution < -0.4 is 4.74 Å². The lowest BCUT2D eigenvalue weighted by Gasteiger charge is -2.04. The summed E-state index contributed by atoms with van der Waals surface area (Å²) in [5.74, 6) is -0.177. The molecule has 0 heterocycles. The van der Waals surface area contributed by atoms with Gasteiger partial charge in [-0.05, 0) is 25.0 Å². The van der Waals surface area contributed by atoms with Gasteiger partial charge in [-0.2, -0.15) is 0 Å². The lowest BCUT2D eigenvalue weighted by molar-refractivity contribution is -0.137. The second-order valence-corrected chi connectivity index (χ2v) is 7.63. The molecule has 4 nitrogen and oxygen atoms in total. The van der Waals surface area contributed by atoms with E-state index in [1.54, 1.807) is 12.1 Å². The number of aliphatic carboxylic acids is 1. The van der Waals surface area contributed by atoms with Gasteiger partial charge in [0.15, 0.2) is 0 Å². The maximum Gasteiger partial charge on any atom is 0.311 e. The molecule has 0 saturated carbocycles. The van der Waals surface area contributed by atoms with Crippen LogP contribution in [0.25, 0.3) is 0 Å². The van der Waals surface area contributed by atoms with E-state index in [0.717, 1.165) is 25.7 Å². The van der Waals surface area contributed by atoms with Crippen molar-refractivity contribution in [2.24, 2.45) is 0 Å². The molecule has 0 amide bonds. The van der Waals surface area contributed by atoms with E-state index in [1.165, 1.54) is 64.2 Å². The Morgan fingerprint density at radius 3 is 1.43 bits per heavy atom. The van der Waals surface area contributed by atoms with Gasteiger partial charge in [0, 0.05) is 12.8 Å². The maximum absolute atomic E-state index is 11.7. The average molecular weight is 391 g/mol. The zero-order chi connectivity index (χ0) is 20.3. The van der Waals surface area contributed by atoms with E-state index >= 15 is 0 Å². The predicted octanol–water partition coefficient (Wildman–Crippen LogP) is 6.92. The number of carbonyl (C=O) groups is 2. The normalized spacial score (nSPS) is 10.7. The average Bonchev–Trinajstić information content (AvgIpc) is 2.68. The van der Waals surface area contributed by atoms with Crippen LogP contribution in [0.1, 0.15) is 103 Å². The van der Waals surface area contributed by atoms with Crippen LogP contribution in [0.15, 0.2) is 30.3 Å². The lowest BCUT2D eigenvalue weighted by atomic mass is 10.0. The van der Waals surface area contributed by atoms with Crippen LogP contribution in [0, 0.1) is 0 Å². The quantitative estimate of drug-likeness (QED) is 0.168. The smallest absolute Gasteiger partial charge is 0.311 e. The minimum atomic E-state index is -0.675. The summed E-state index contributed by atoms with van der Waals surface area (Å²) in [6.45, 7) is 0. The highest BCUT2D eigenvalue weighted by molar-refractivity contribution is 5.72. The fourth-order valence-corrected chi connectivity index (χ4v) is 3.34. The number of ether oxygens (including phenoxy) is 1. The summed E-state index contributed by atoms with van der Waals surface area (Å²) in [4.78, 5) is 22.1. The first-order valence-corrected chi connectivity index (χ1v) is 11.2. The van der Waals surface area contributed by atoms with Crippen LogP contribution in [0.2, 0.25) is 0 Å². The van der Waals surface area contributed by atoms with Gasteiger partial charge < -0.3 is 9.84 Å². The molecule has 0 aliphatic heterocycles. The van der Waals surface area contributed by atoms with Crippen molar-refractivity contribution in [3.05, 3.63) is 30.3 Å². The van der Waals surface area contributed by atoms with Crippen molar-refractivity contribution in [3.8, 4) is 5.75 Å². The van der Waals surface area contributed by atoms with Crippen molar-refractivity contribution in [3.63, 3.8) is 0 Å². The van der Waals surface area contributed by atoms with Crippen molar-refractivity contribution >= 4 is 11.9 Å². The Kier molecular flexibility index (Phi) is 14.9. The van der Waals surface area contributed by atoms with Crippen LogP contribution in [0.3, 0.4) is 0 Å². The summed E-state index contributed by atoms with van der Waals surface area (Å²) in [6.07, 6.45) is 17.4. The molecular formula is C24H38O4. The largest absolute Gasteiger partial charge is 0.481 e. The molecule has 1 rings (SSSR count). The fourth-order valence-electron chi connectivity index (χ4n) is 3.34. The molecule has 0 unspecified atom stereocenters. The summed E-state index contributed by atoms with van der Waals surface area (Å²) in [6, 6.07) is 9.26. The summed E-state index contributed by atoms with van der Waals surface area (Å²) in [7, 11) is 0. The fraction of sp³-hybridized carbons (Fsp3) is 0.667. The van der Waals surface area contributed by atoms with Crippen molar-refractivity contribution < 1.29 is 19.4 Å². The Balaban J connectivity index is 1.76. The maximum atomic E-state index is 11.7. The standard InChI is InChI=1S/C24H38O4/c25-23(26)20-16-11-9-7-5-3-1-2-4-6-8-10-12-17-21-24(27)28-22-18-14-13-15-19-22/h13-15,18-19H,1-12,16-17,20-21H2,(H,25,26). The summed E-state index contributed by atoms with van der Waals surface area (Å²) in [5.41, 5.74) is 0. The summed E-state index contributed by atoms with van der Waals surface area (Å²) >= 11 is 0. The Morgan fingerprint density at radius 2 is 1.00 bits per heavy atom. The monoisotopic (exact) mass is 390 g/mol. The SMILES string of the molecule is O=C(O)CCCCCCCCCCCCCCCCC(=O)Oc1ccccc1. The number of rotatable bonds is 18. The third-order valence-electron chi connectivity index (χ3n) is 5.00. The van der Waals surface area contributed by atoms with Crippen molar-refractivity contribution in [1.82, 2.24) is 0 Å². The van der Waals surface area contributed by atoms with Gasteiger partial charge >= 0.3 is 11.9 Å². The number of carbonyl (C=O) groups excluding carboxylic acids is 1. The molecule has 0 atom stereocenters. The first kappa shape index (κ1) is 24.2. The minimum absolute atomic E-state index is 0.131. The third-order valence-corrected chi connectivity index (χ3v) is 5.00. The molecule has 0 radical (unpaired) electrons. The molecule has 0 saturated heterocycles. The molecule has 158 valence electrons. The van der Waals surface area contributed by atoms with E-state index in [2.05, 4.69) is 0 Å². The number of benzene rings is 1. The first-order valence-electron chi connectivity index (χ1n) is 11.2. The number of para-hydroxylation sites is 1. The molecule has 0 spiro atoms. The topological polar surface area (TPSA) is 63.6 Å². The second kappa shape index (κ2) is 17.3. The lowest BCUT2D eigenvalue weighted by Crippen LogP contribution is -2.07. The van der Waals surface area contributed by atoms with E-state index in [4.69, 9.17) is 9.84 Å². The summed E-state index contributed by atoms with van der Waals surface area (Å²) in [5, 5.41) is 8.57. The molecule has 0 aliphatic carbocycles. The molecule has 0 bridgehead atoms. The van der Waals surface area contributed by atoms with Crippen LogP contribution in [-0.2, 0) is 9.59 Å². The van der Waals surface area contributed by atoms with Gasteiger partial charge in [-0.1, -0.05) is 95.2 Å². The number of hydrogen-bond donors (Lipinski definition) is 1. The van der Waals surface area contributed by atoms with E-state index in [0.29, 0.717) is 18.6 Å². The van der Waals surface area contributed by atoms with Gasteiger partial charge in [-0.15, -0.1) is 0 Å². The van der Waals surface area contributed by atoms with Crippen molar-refractivity contribution in [2.75, 3.05) is 0 Å². The second-order valence-electron chi connectivity index (χ2n) is 7.63. The third kappa shape index (κ3) is 15.2. The minimum Gasteiger partial charge on any atom is -0.481 e. The highest BCUT2D eigenvalue weighted by Crippen LogP contribution is 2.14. The van der Waals surface area contributed by atoms with Crippen molar-refractivity contribution in [1.29, 1.82) is 0 Å². The van der Waals surface area contributed by atoms with Gasteiger partial charge in [0.25, 0.3) is 0 Å². The molecule has 1 aromatic rings. The van der Waals surface area contributed by atoms with E-state index < -0.39 is 5.97 Å². The molecule has 28 heavy (non-hydrogen) atoms. The van der Waals surface area contributed by atoms with E-state index in [-0.39, 0.29) is 5.97 Å². The molecule has 0 aliphatic rings. The Labute approximate surface area is 170 Å². The van der Waals surface area contributed by atoms with Crippen LogP contribution in [0.5, 0.6) is 5.75 Å². The number of esters is 1. The Morgan fingerprint density at radius 1 is 0.607 bits per heavy atom. The van der Waals surface area contributed by atoms with Crippen LogP contribution >= 0.6 is 0 Å². The molecule has 4 heteroatoms.